The largest absolute Gasteiger partial charge is 0.480 e. The van der Waals surface area contributed by atoms with Crippen molar-refractivity contribution in [2.45, 2.75) is 59.4 Å². The molecule has 0 bridgehead atoms. The van der Waals surface area contributed by atoms with Gasteiger partial charge in [0.05, 0.1) is 0 Å². The Labute approximate surface area is 121 Å². The molecule has 5 nitrogen and oxygen atoms in total. The van der Waals surface area contributed by atoms with Crippen LogP contribution in [0.3, 0.4) is 0 Å². The highest BCUT2D eigenvalue weighted by molar-refractivity contribution is 5.86. The van der Waals surface area contributed by atoms with Gasteiger partial charge in [0.1, 0.15) is 5.54 Å². The van der Waals surface area contributed by atoms with Gasteiger partial charge in [0, 0.05) is 13.1 Å². The smallest absolute Gasteiger partial charge is 0.329 e. The number of carboxylic acids is 1. The van der Waals surface area contributed by atoms with Crippen molar-refractivity contribution in [1.82, 2.24) is 10.2 Å². The first-order valence-corrected chi connectivity index (χ1v) is 7.46. The number of hydrogen-bond acceptors (Lipinski definition) is 2. The molecule has 2 N–H and O–H groups in total. The minimum atomic E-state index is -1.14. The van der Waals surface area contributed by atoms with Gasteiger partial charge in [-0.3, -0.25) is 0 Å². The van der Waals surface area contributed by atoms with Crippen molar-refractivity contribution >= 4 is 12.0 Å². The second-order valence-electron chi connectivity index (χ2n) is 6.82. The molecule has 0 aliphatic carbocycles. The quantitative estimate of drug-likeness (QED) is 0.834. The Hall–Kier alpha value is -1.26. The van der Waals surface area contributed by atoms with Gasteiger partial charge in [-0.05, 0) is 30.6 Å². The van der Waals surface area contributed by atoms with Crippen LogP contribution in [0.2, 0.25) is 0 Å². The van der Waals surface area contributed by atoms with Gasteiger partial charge in [0.25, 0.3) is 0 Å². The van der Waals surface area contributed by atoms with Crippen LogP contribution in [0.1, 0.15) is 53.9 Å². The average Bonchev–Trinajstić information content (AvgIpc) is 2.84. The van der Waals surface area contributed by atoms with Crippen LogP contribution in [0.5, 0.6) is 0 Å². The first kappa shape index (κ1) is 16.8. The van der Waals surface area contributed by atoms with E-state index in [1.807, 2.05) is 0 Å². The predicted octanol–water partition coefficient (Wildman–Crippen LogP) is 2.71. The lowest BCUT2D eigenvalue weighted by Crippen LogP contribution is -2.57. The van der Waals surface area contributed by atoms with E-state index in [1.54, 1.807) is 18.7 Å². The third kappa shape index (κ3) is 3.44. The Kier molecular flexibility index (Phi) is 5.05. The fourth-order valence-corrected chi connectivity index (χ4v) is 2.72. The minimum Gasteiger partial charge on any atom is -0.480 e. The van der Waals surface area contributed by atoms with Crippen molar-refractivity contribution in [3.8, 4) is 0 Å². The van der Waals surface area contributed by atoms with Gasteiger partial charge < -0.3 is 15.3 Å². The third-order valence-corrected chi connectivity index (χ3v) is 4.66. The van der Waals surface area contributed by atoms with Crippen LogP contribution in [0.15, 0.2) is 0 Å². The molecule has 0 saturated carbocycles. The first-order valence-electron chi connectivity index (χ1n) is 7.46. The van der Waals surface area contributed by atoms with Crippen molar-refractivity contribution in [3.63, 3.8) is 0 Å². The Morgan fingerprint density at radius 3 is 2.15 bits per heavy atom. The number of carbonyl (C=O) groups excluding carboxylic acids is 1. The summed E-state index contributed by atoms with van der Waals surface area (Å²) in [6.07, 6.45) is 1.76. The van der Waals surface area contributed by atoms with Gasteiger partial charge in [-0.15, -0.1) is 0 Å². The molecule has 0 radical (unpaired) electrons. The summed E-state index contributed by atoms with van der Waals surface area (Å²) in [6.45, 7) is 11.5. The summed E-state index contributed by atoms with van der Waals surface area (Å²) in [4.78, 5) is 25.5. The molecule has 1 unspecified atom stereocenters. The number of amides is 2. The maximum Gasteiger partial charge on any atom is 0.329 e. The van der Waals surface area contributed by atoms with Crippen LogP contribution >= 0.6 is 0 Å². The lowest BCUT2D eigenvalue weighted by atomic mass is 9.80. The highest BCUT2D eigenvalue weighted by Crippen LogP contribution is 2.33. The summed E-state index contributed by atoms with van der Waals surface area (Å²) in [5, 5.41) is 12.1. The van der Waals surface area contributed by atoms with Crippen molar-refractivity contribution in [2.24, 2.45) is 11.3 Å². The molecule has 1 saturated heterocycles. The van der Waals surface area contributed by atoms with Crippen LogP contribution in [-0.2, 0) is 4.79 Å². The van der Waals surface area contributed by atoms with Gasteiger partial charge in [0.15, 0.2) is 0 Å². The number of likely N-dealkylation sites (tertiary alicyclic amines) is 1. The van der Waals surface area contributed by atoms with Crippen LogP contribution in [0, 0.1) is 11.3 Å². The number of nitrogens with zero attached hydrogens (tertiary/aromatic N) is 1. The van der Waals surface area contributed by atoms with Crippen LogP contribution < -0.4 is 5.32 Å². The summed E-state index contributed by atoms with van der Waals surface area (Å²) in [5.74, 6) is -0.488. The van der Waals surface area contributed by atoms with E-state index in [4.69, 9.17) is 0 Å². The number of carbonyl (C=O) groups is 2. The van der Waals surface area contributed by atoms with E-state index in [9.17, 15) is 14.7 Å². The van der Waals surface area contributed by atoms with Crippen LogP contribution in [0.4, 0.5) is 4.79 Å². The maximum atomic E-state index is 12.3. The van der Waals surface area contributed by atoms with Gasteiger partial charge in [-0.2, -0.15) is 0 Å². The molecule has 1 atom stereocenters. The van der Waals surface area contributed by atoms with Gasteiger partial charge in [-0.25, -0.2) is 9.59 Å². The lowest BCUT2D eigenvalue weighted by Gasteiger charge is -2.31. The molecule has 2 amide bonds. The second kappa shape index (κ2) is 6.02. The number of urea groups is 1. The van der Waals surface area contributed by atoms with E-state index in [1.165, 1.54) is 0 Å². The van der Waals surface area contributed by atoms with Gasteiger partial charge >= 0.3 is 12.0 Å². The molecule has 5 heteroatoms. The van der Waals surface area contributed by atoms with E-state index < -0.39 is 11.5 Å². The predicted molar refractivity (Wildman–Crippen MR) is 78.6 cm³/mol. The fraction of sp³-hybridized carbons (Fsp3) is 0.867. The Bertz CT molecular complexity index is 370. The van der Waals surface area contributed by atoms with Gasteiger partial charge in [0.2, 0.25) is 0 Å². The molecule has 1 fully saturated rings. The summed E-state index contributed by atoms with van der Waals surface area (Å²) < 4.78 is 0. The van der Waals surface area contributed by atoms with E-state index in [-0.39, 0.29) is 11.4 Å². The topological polar surface area (TPSA) is 69.6 Å². The SMILES string of the molecule is CCC(CC)(NC(=O)N1CCC(C(C)(C)C)C1)C(=O)O. The Morgan fingerprint density at radius 2 is 1.80 bits per heavy atom. The second-order valence-corrected chi connectivity index (χ2v) is 6.82. The zero-order chi connectivity index (χ0) is 15.6. The molecule has 1 heterocycles. The number of hydrogen-bond donors (Lipinski definition) is 2. The standard InChI is InChI=1S/C15H28N2O3/c1-6-15(7-2,12(18)19)16-13(20)17-9-8-11(10-17)14(3,4)5/h11H,6-10H2,1-5H3,(H,16,20)(H,18,19). The molecule has 1 aliphatic rings. The van der Waals surface area contributed by atoms with Crippen LogP contribution in [0.25, 0.3) is 0 Å². The minimum absolute atomic E-state index is 0.175. The number of nitrogens with one attached hydrogen (secondary N) is 1. The number of carboxylic acid groups (broad SMARTS) is 1. The molecule has 0 spiro atoms. The molecule has 1 aliphatic heterocycles. The molecular formula is C15H28N2O3. The normalized spacial score (nSPS) is 20.1. The summed E-state index contributed by atoms with van der Waals surface area (Å²) in [6, 6.07) is -0.247. The number of rotatable bonds is 4. The Balaban J connectivity index is 2.71. The molecule has 116 valence electrons. The molecule has 20 heavy (non-hydrogen) atoms. The zero-order valence-corrected chi connectivity index (χ0v) is 13.3. The number of aliphatic carboxylic acids is 1. The van der Waals surface area contributed by atoms with Crippen molar-refractivity contribution in [2.75, 3.05) is 13.1 Å². The highest BCUT2D eigenvalue weighted by atomic mass is 16.4. The summed E-state index contributed by atoms with van der Waals surface area (Å²) >= 11 is 0. The van der Waals surface area contributed by atoms with E-state index in [0.29, 0.717) is 31.8 Å². The molecule has 0 aromatic carbocycles. The maximum absolute atomic E-state index is 12.3. The molecule has 0 aromatic heterocycles. The lowest BCUT2D eigenvalue weighted by molar-refractivity contribution is -0.144. The molecule has 0 aromatic rings. The third-order valence-electron chi connectivity index (χ3n) is 4.66. The molecule has 1 rings (SSSR count). The van der Waals surface area contributed by atoms with E-state index in [0.717, 1.165) is 6.42 Å². The summed E-state index contributed by atoms with van der Waals surface area (Å²) in [5.41, 5.74) is -0.967. The van der Waals surface area contributed by atoms with Crippen molar-refractivity contribution < 1.29 is 14.7 Å². The monoisotopic (exact) mass is 284 g/mol. The van der Waals surface area contributed by atoms with Gasteiger partial charge in [-0.1, -0.05) is 34.6 Å². The Morgan fingerprint density at radius 1 is 1.25 bits per heavy atom. The van der Waals surface area contributed by atoms with Crippen molar-refractivity contribution in [1.29, 1.82) is 0 Å². The first-order chi connectivity index (χ1) is 9.16. The molecular weight excluding hydrogens is 256 g/mol. The highest BCUT2D eigenvalue weighted by Gasteiger charge is 2.40. The fourth-order valence-electron chi connectivity index (χ4n) is 2.72. The summed E-state index contributed by atoms with van der Waals surface area (Å²) in [7, 11) is 0. The average molecular weight is 284 g/mol. The van der Waals surface area contributed by atoms with E-state index >= 15 is 0 Å². The zero-order valence-electron chi connectivity index (χ0n) is 13.3. The van der Waals surface area contributed by atoms with Crippen LogP contribution in [-0.4, -0.2) is 40.6 Å². The van der Waals surface area contributed by atoms with E-state index in [2.05, 4.69) is 26.1 Å². The van der Waals surface area contributed by atoms with Crippen molar-refractivity contribution in [3.05, 3.63) is 0 Å².